The van der Waals surface area contributed by atoms with Crippen LogP contribution in [0.4, 0.5) is 5.69 Å². The van der Waals surface area contributed by atoms with Gasteiger partial charge in [0.2, 0.25) is 10.0 Å². The minimum atomic E-state index is -3.51. The molecule has 0 spiro atoms. The van der Waals surface area contributed by atoms with Crippen LogP contribution >= 0.6 is 15.9 Å². The van der Waals surface area contributed by atoms with Crippen molar-refractivity contribution in [2.45, 2.75) is 44.0 Å². The Morgan fingerprint density at radius 2 is 2.11 bits per heavy atom. The van der Waals surface area contributed by atoms with Gasteiger partial charge in [0.05, 0.1) is 4.90 Å². The molecule has 3 N–H and O–H groups in total. The molecule has 0 amide bonds. The van der Waals surface area contributed by atoms with Crippen molar-refractivity contribution in [1.29, 1.82) is 0 Å². The van der Waals surface area contributed by atoms with Gasteiger partial charge in [0, 0.05) is 16.2 Å². The SMILES string of the molecule is Cc1c(N)cc(Br)cc1S(=O)(=O)NC(C)CC1CC1. The van der Waals surface area contributed by atoms with E-state index in [1.807, 2.05) is 6.92 Å². The highest BCUT2D eigenvalue weighted by molar-refractivity contribution is 9.10. The van der Waals surface area contributed by atoms with Crippen LogP contribution < -0.4 is 10.5 Å². The third-order valence-electron chi connectivity index (χ3n) is 3.39. The Hall–Kier alpha value is -0.590. The number of halogens is 1. The molecular weight excluding hydrogens is 328 g/mol. The summed E-state index contributed by atoms with van der Waals surface area (Å²) in [6, 6.07) is 3.26. The fourth-order valence-electron chi connectivity index (χ4n) is 2.18. The third kappa shape index (κ3) is 3.70. The fourth-order valence-corrected chi connectivity index (χ4v) is 4.37. The summed E-state index contributed by atoms with van der Waals surface area (Å²) < 4.78 is 28.2. The van der Waals surface area contributed by atoms with E-state index in [9.17, 15) is 8.42 Å². The normalized spacial score (nSPS) is 17.4. The molecule has 1 saturated carbocycles. The highest BCUT2D eigenvalue weighted by Gasteiger charge is 2.27. The van der Waals surface area contributed by atoms with Crippen molar-refractivity contribution in [2.24, 2.45) is 5.92 Å². The highest BCUT2D eigenvalue weighted by Crippen LogP contribution is 2.34. The number of nitrogen functional groups attached to an aromatic ring is 1. The summed E-state index contributed by atoms with van der Waals surface area (Å²) >= 11 is 3.28. The first-order valence-electron chi connectivity index (χ1n) is 6.37. The summed E-state index contributed by atoms with van der Waals surface area (Å²) in [6.45, 7) is 3.63. The molecule has 0 bridgehead atoms. The molecule has 1 aliphatic rings. The van der Waals surface area contributed by atoms with Crippen LogP contribution in [0.25, 0.3) is 0 Å². The second-order valence-corrected chi connectivity index (χ2v) is 7.92. The first-order valence-corrected chi connectivity index (χ1v) is 8.65. The van der Waals surface area contributed by atoms with Crippen LogP contribution in [0.2, 0.25) is 0 Å². The molecule has 1 atom stereocenters. The Morgan fingerprint density at radius 1 is 1.47 bits per heavy atom. The fraction of sp³-hybridized carbons (Fsp3) is 0.538. The van der Waals surface area contributed by atoms with Crippen LogP contribution in [-0.2, 0) is 10.0 Å². The topological polar surface area (TPSA) is 72.2 Å². The van der Waals surface area contributed by atoms with Crippen LogP contribution in [0.5, 0.6) is 0 Å². The average molecular weight is 347 g/mol. The van der Waals surface area contributed by atoms with Crippen LogP contribution in [-0.4, -0.2) is 14.5 Å². The Balaban J connectivity index is 2.23. The smallest absolute Gasteiger partial charge is 0.241 e. The number of hydrogen-bond acceptors (Lipinski definition) is 3. The van der Waals surface area contributed by atoms with E-state index < -0.39 is 10.0 Å². The lowest BCUT2D eigenvalue weighted by Crippen LogP contribution is -2.33. The van der Waals surface area contributed by atoms with Gasteiger partial charge in [0.1, 0.15) is 0 Å². The second-order valence-electron chi connectivity index (χ2n) is 5.32. The molecule has 1 unspecified atom stereocenters. The van der Waals surface area contributed by atoms with Gasteiger partial charge in [0.15, 0.2) is 0 Å². The summed E-state index contributed by atoms with van der Waals surface area (Å²) in [5.41, 5.74) is 6.89. The minimum absolute atomic E-state index is 0.0443. The molecule has 4 nitrogen and oxygen atoms in total. The number of hydrogen-bond donors (Lipinski definition) is 2. The molecule has 1 fully saturated rings. The molecule has 2 rings (SSSR count). The van der Waals surface area contributed by atoms with Crippen molar-refractivity contribution in [3.8, 4) is 0 Å². The first-order chi connectivity index (χ1) is 8.79. The lowest BCUT2D eigenvalue weighted by atomic mass is 10.2. The van der Waals surface area contributed by atoms with Crippen LogP contribution in [0, 0.1) is 12.8 Å². The minimum Gasteiger partial charge on any atom is -0.398 e. The molecule has 0 aliphatic heterocycles. The van der Waals surface area contributed by atoms with E-state index in [4.69, 9.17) is 5.73 Å². The summed E-state index contributed by atoms with van der Waals surface area (Å²) in [4.78, 5) is 0.252. The van der Waals surface area contributed by atoms with Gasteiger partial charge in [-0.05, 0) is 43.9 Å². The van der Waals surface area contributed by atoms with Gasteiger partial charge >= 0.3 is 0 Å². The predicted molar refractivity (Wildman–Crippen MR) is 80.4 cm³/mol. The molecule has 106 valence electrons. The van der Waals surface area contributed by atoms with Gasteiger partial charge in [-0.15, -0.1) is 0 Å². The van der Waals surface area contributed by atoms with E-state index in [1.165, 1.54) is 12.8 Å². The number of anilines is 1. The van der Waals surface area contributed by atoms with E-state index in [0.717, 1.165) is 6.42 Å². The van der Waals surface area contributed by atoms with Crippen LogP contribution in [0.1, 0.15) is 31.7 Å². The number of sulfonamides is 1. The van der Waals surface area contributed by atoms with E-state index >= 15 is 0 Å². The molecular formula is C13H19BrN2O2S. The van der Waals surface area contributed by atoms with Gasteiger partial charge in [-0.25, -0.2) is 13.1 Å². The number of rotatable bonds is 5. The molecule has 1 aromatic carbocycles. The summed E-state index contributed by atoms with van der Waals surface area (Å²) in [6.07, 6.45) is 3.34. The number of nitrogens with two attached hydrogens (primary N) is 1. The van der Waals surface area contributed by atoms with Gasteiger partial charge in [-0.3, -0.25) is 0 Å². The van der Waals surface area contributed by atoms with E-state index in [0.29, 0.717) is 21.6 Å². The lowest BCUT2D eigenvalue weighted by molar-refractivity contribution is 0.529. The molecule has 6 heteroatoms. The van der Waals surface area contributed by atoms with Crippen LogP contribution in [0.3, 0.4) is 0 Å². The largest absolute Gasteiger partial charge is 0.398 e. The predicted octanol–water partition coefficient (Wildman–Crippen LogP) is 2.81. The molecule has 0 radical (unpaired) electrons. The zero-order valence-electron chi connectivity index (χ0n) is 11.1. The lowest BCUT2D eigenvalue weighted by Gasteiger charge is -2.16. The maximum Gasteiger partial charge on any atom is 0.241 e. The maximum atomic E-state index is 12.4. The summed E-state index contributed by atoms with van der Waals surface area (Å²) in [7, 11) is -3.51. The second kappa shape index (κ2) is 5.42. The molecule has 1 aromatic rings. The quantitative estimate of drug-likeness (QED) is 0.805. The van der Waals surface area contributed by atoms with Gasteiger partial charge < -0.3 is 5.73 Å². The number of nitrogens with one attached hydrogen (secondary N) is 1. The van der Waals surface area contributed by atoms with Crippen molar-refractivity contribution in [2.75, 3.05) is 5.73 Å². The zero-order valence-corrected chi connectivity index (χ0v) is 13.5. The molecule has 1 aliphatic carbocycles. The maximum absolute atomic E-state index is 12.4. The van der Waals surface area contributed by atoms with Crippen molar-refractivity contribution >= 4 is 31.6 Å². The van der Waals surface area contributed by atoms with Gasteiger partial charge in [0.25, 0.3) is 0 Å². The summed E-state index contributed by atoms with van der Waals surface area (Å²) in [5, 5.41) is 0. The average Bonchev–Trinajstić information content (AvgIpc) is 3.05. The molecule has 0 aromatic heterocycles. The highest BCUT2D eigenvalue weighted by atomic mass is 79.9. The number of benzene rings is 1. The summed E-state index contributed by atoms with van der Waals surface area (Å²) in [5.74, 6) is 0.686. The standard InChI is InChI=1S/C13H19BrN2O2S/c1-8(5-10-3-4-10)16-19(17,18)13-7-11(14)6-12(15)9(13)2/h6-8,10,16H,3-5,15H2,1-2H3. The first kappa shape index (κ1) is 14.8. The molecule has 0 saturated heterocycles. The third-order valence-corrected chi connectivity index (χ3v) is 5.57. The van der Waals surface area contributed by atoms with Crippen molar-refractivity contribution in [1.82, 2.24) is 4.72 Å². The Labute approximate surface area is 122 Å². The molecule has 19 heavy (non-hydrogen) atoms. The van der Waals surface area contributed by atoms with E-state index in [1.54, 1.807) is 19.1 Å². The van der Waals surface area contributed by atoms with Crippen molar-refractivity contribution in [3.63, 3.8) is 0 Å². The zero-order chi connectivity index (χ0) is 14.2. The monoisotopic (exact) mass is 346 g/mol. The Bertz CT molecular complexity index is 583. The van der Waals surface area contributed by atoms with Crippen LogP contribution in [0.15, 0.2) is 21.5 Å². The van der Waals surface area contributed by atoms with E-state index in [2.05, 4.69) is 20.7 Å². The van der Waals surface area contributed by atoms with Gasteiger partial charge in [-0.2, -0.15) is 0 Å². The van der Waals surface area contributed by atoms with Crippen molar-refractivity contribution in [3.05, 3.63) is 22.2 Å². The Morgan fingerprint density at radius 3 is 2.68 bits per heavy atom. The Kier molecular flexibility index (Phi) is 4.23. The van der Waals surface area contributed by atoms with Crippen molar-refractivity contribution < 1.29 is 8.42 Å². The van der Waals surface area contributed by atoms with Gasteiger partial charge in [-0.1, -0.05) is 28.8 Å². The van der Waals surface area contributed by atoms with E-state index in [-0.39, 0.29) is 10.9 Å². The molecule has 0 heterocycles.